The van der Waals surface area contributed by atoms with Crippen molar-refractivity contribution in [2.75, 3.05) is 5.32 Å². The zero-order valence-electron chi connectivity index (χ0n) is 42.1. The Hall–Kier alpha value is -5.48. The van der Waals surface area contributed by atoms with Crippen LogP contribution in [-0.2, 0) is 40.6 Å². The van der Waals surface area contributed by atoms with Crippen molar-refractivity contribution >= 4 is 92.4 Å². The van der Waals surface area contributed by atoms with Gasteiger partial charge in [-0.3, -0.25) is 28.8 Å². The molecule has 8 aliphatic rings. The number of fused-ring (bicyclic) bond motifs is 3. The van der Waals surface area contributed by atoms with Crippen LogP contribution in [-0.4, -0.2) is 73.9 Å². The number of urea groups is 1. The van der Waals surface area contributed by atoms with Crippen LogP contribution < -0.4 is 10.6 Å². The molecule has 4 aromatic rings. The van der Waals surface area contributed by atoms with Crippen LogP contribution in [0.5, 0.6) is 0 Å². The van der Waals surface area contributed by atoms with Crippen molar-refractivity contribution in [1.82, 2.24) is 20.0 Å². The van der Waals surface area contributed by atoms with Crippen molar-refractivity contribution in [3.05, 3.63) is 129 Å². The number of anilines is 1. The molecule has 388 valence electrons. The number of hydrogen-bond donors (Lipinski definition) is 2. The minimum atomic E-state index is -0.351. The van der Waals surface area contributed by atoms with Crippen LogP contribution in [0, 0.1) is 6.92 Å². The van der Waals surface area contributed by atoms with Crippen LogP contribution in [0.3, 0.4) is 0 Å². The van der Waals surface area contributed by atoms with Crippen molar-refractivity contribution in [3.8, 4) is 0 Å². The molecule has 3 aliphatic heterocycles. The molecular formula is C58H64ClN5O7S3. The Morgan fingerprint density at radius 2 is 1.19 bits per heavy atom. The number of halogens is 1. The number of rotatable bonds is 8. The Kier molecular flexibility index (Phi) is 15.5. The van der Waals surface area contributed by atoms with Crippen LogP contribution in [0.15, 0.2) is 71.5 Å². The number of aryl methyl sites for hydroxylation is 1. The average Bonchev–Trinajstić information content (AvgIpc) is 4.24. The molecule has 16 heteroatoms. The van der Waals surface area contributed by atoms with Gasteiger partial charge in [-0.2, -0.15) is 0 Å². The van der Waals surface area contributed by atoms with Crippen molar-refractivity contribution in [1.29, 1.82) is 0 Å². The van der Waals surface area contributed by atoms with Crippen LogP contribution in [0.4, 0.5) is 10.5 Å². The number of benzene rings is 1. The molecule has 6 heterocycles. The molecule has 5 amide bonds. The standard InChI is InChI=1S/C22H22ClN3O3S.2C18H21NO2S/c1-12-3-6-18(19(27)7-12)26-11-20-16(21(26)28)9-15(30-20)10-24-22(29)25-14-5-4-13(2)17(23)8-14;1-11-6-7-15(16(20)8-11)19-9-13-14(18(19)21)10-22-17(13)12-4-2-3-5-12;1-11-6-7-15(16(20)8-11)19-9-13-14(12-4-2-3-5-12)10-22-17(13)18(19)21/h4-5,8-9,18H,1,3,6-7,10-11H2,2H3,(H2,24,25,29);2*10,12,15H,1-9H2. The summed E-state index contributed by atoms with van der Waals surface area (Å²) in [4.78, 5) is 96.8. The van der Waals surface area contributed by atoms with Gasteiger partial charge in [-0.25, -0.2) is 4.79 Å². The van der Waals surface area contributed by atoms with Crippen molar-refractivity contribution in [3.63, 3.8) is 0 Å². The van der Waals surface area contributed by atoms with Crippen molar-refractivity contribution in [2.45, 2.75) is 172 Å². The molecule has 12 nitrogen and oxygen atoms in total. The number of allylic oxidation sites excluding steroid dienone is 3. The zero-order valence-corrected chi connectivity index (χ0v) is 45.3. The van der Waals surface area contributed by atoms with Gasteiger partial charge >= 0.3 is 6.03 Å². The highest BCUT2D eigenvalue weighted by Gasteiger charge is 2.43. The minimum Gasteiger partial charge on any atom is -0.333 e. The molecule has 74 heavy (non-hydrogen) atoms. The summed E-state index contributed by atoms with van der Waals surface area (Å²) >= 11 is 10.9. The Bertz CT molecular complexity index is 2880. The van der Waals surface area contributed by atoms with E-state index in [9.17, 15) is 33.6 Å². The summed E-state index contributed by atoms with van der Waals surface area (Å²) in [6, 6.07) is 5.99. The SMILES string of the molecule is C=C1CCC(N2Cc3c(C4CCCC4)csc3C2=O)C(=O)C1.C=C1CCC(N2Cc3c(csc3C3CCCC3)C2=O)C(=O)C1.C=C1CCC(N2Cc3sc(CNC(=O)Nc4ccc(C)c(Cl)c4)cc3C2=O)C(=O)C1. The molecular weight excluding hydrogens is 1010 g/mol. The van der Waals surface area contributed by atoms with E-state index < -0.39 is 0 Å². The molecule has 3 unspecified atom stereocenters. The summed E-state index contributed by atoms with van der Waals surface area (Å²) in [7, 11) is 0. The third-order valence-corrected chi connectivity index (χ3v) is 20.1. The second kappa shape index (κ2) is 22.0. The van der Waals surface area contributed by atoms with Gasteiger partial charge in [0.1, 0.15) is 0 Å². The first-order valence-corrected chi connectivity index (χ1v) is 29.2. The fraction of sp³-hybridized carbons (Fsp3) is 0.466. The highest BCUT2D eigenvalue weighted by molar-refractivity contribution is 7.13. The summed E-state index contributed by atoms with van der Waals surface area (Å²) in [5.41, 5.74) is 9.85. The molecule has 12 rings (SSSR count). The number of Topliss-reactive ketones (excluding diaryl/α,β-unsaturated/α-hetero) is 3. The molecule has 2 N–H and O–H groups in total. The van der Waals surface area contributed by atoms with E-state index in [4.69, 9.17) is 11.6 Å². The Morgan fingerprint density at radius 3 is 1.76 bits per heavy atom. The van der Waals surface area contributed by atoms with Gasteiger partial charge in [0.15, 0.2) is 17.3 Å². The van der Waals surface area contributed by atoms with E-state index in [0.29, 0.717) is 80.0 Å². The fourth-order valence-corrected chi connectivity index (χ4v) is 15.9. The third kappa shape index (κ3) is 10.7. The highest BCUT2D eigenvalue weighted by atomic mass is 35.5. The van der Waals surface area contributed by atoms with Gasteiger partial charge in [0.2, 0.25) is 0 Å². The summed E-state index contributed by atoms with van der Waals surface area (Å²) in [6.45, 7) is 15.7. The van der Waals surface area contributed by atoms with E-state index in [1.807, 2.05) is 34.2 Å². The quantitative estimate of drug-likeness (QED) is 0.167. The lowest BCUT2D eigenvalue weighted by Gasteiger charge is -2.30. The first-order chi connectivity index (χ1) is 35.6. The number of ketones is 3. The summed E-state index contributed by atoms with van der Waals surface area (Å²) in [5, 5.41) is 10.4. The highest BCUT2D eigenvalue weighted by Crippen LogP contribution is 2.46. The average molecular weight is 1070 g/mol. The lowest BCUT2D eigenvalue weighted by atomic mass is 9.89. The van der Waals surface area contributed by atoms with E-state index >= 15 is 0 Å². The van der Waals surface area contributed by atoms with E-state index in [1.165, 1.54) is 84.3 Å². The van der Waals surface area contributed by atoms with Crippen molar-refractivity contribution < 1.29 is 33.6 Å². The molecule has 0 radical (unpaired) electrons. The lowest BCUT2D eigenvalue weighted by Crippen LogP contribution is -2.43. The van der Waals surface area contributed by atoms with Crippen LogP contribution >= 0.6 is 45.6 Å². The molecule has 0 bridgehead atoms. The predicted octanol–water partition coefficient (Wildman–Crippen LogP) is 12.7. The third-order valence-electron chi connectivity index (χ3n) is 16.3. The number of carbonyl (C=O) groups is 7. The normalized spacial score (nSPS) is 23.0. The number of amides is 5. The smallest absolute Gasteiger partial charge is 0.319 e. The molecule has 0 saturated heterocycles. The summed E-state index contributed by atoms with van der Waals surface area (Å²) in [6.07, 6.45) is 16.1. The number of carbonyl (C=O) groups excluding carboxylic acids is 7. The number of hydrogen-bond acceptors (Lipinski definition) is 10. The number of thiophene rings is 3. The predicted molar refractivity (Wildman–Crippen MR) is 292 cm³/mol. The van der Waals surface area contributed by atoms with Gasteiger partial charge in [-0.1, -0.05) is 79.8 Å². The largest absolute Gasteiger partial charge is 0.333 e. The Morgan fingerprint density at radius 1 is 0.649 bits per heavy atom. The lowest BCUT2D eigenvalue weighted by molar-refractivity contribution is -0.124. The number of nitrogens with zero attached hydrogens (tertiary/aromatic N) is 3. The maximum atomic E-state index is 12.8. The van der Waals surface area contributed by atoms with Crippen LogP contribution in [0.1, 0.15) is 188 Å². The number of nitrogens with one attached hydrogen (secondary N) is 2. The molecule has 3 atom stereocenters. The summed E-state index contributed by atoms with van der Waals surface area (Å²) < 4.78 is 0. The maximum absolute atomic E-state index is 12.8. The Labute approximate surface area is 450 Å². The second-order valence-corrected chi connectivity index (χ2v) is 24.8. The zero-order chi connectivity index (χ0) is 51.9. The molecule has 5 saturated carbocycles. The van der Waals surface area contributed by atoms with Gasteiger partial charge in [0.25, 0.3) is 17.7 Å². The minimum absolute atomic E-state index is 0.0707. The first-order valence-electron chi connectivity index (χ1n) is 26.3. The van der Waals surface area contributed by atoms with Gasteiger partial charge in [-0.15, -0.1) is 34.0 Å². The summed E-state index contributed by atoms with van der Waals surface area (Å²) in [5.74, 6) is 1.74. The molecule has 1 aromatic carbocycles. The van der Waals surface area contributed by atoms with E-state index in [2.05, 4.69) is 35.8 Å². The van der Waals surface area contributed by atoms with E-state index in [-0.39, 0.29) is 59.2 Å². The monoisotopic (exact) mass is 1070 g/mol. The van der Waals surface area contributed by atoms with Gasteiger partial charge in [0.05, 0.1) is 47.2 Å². The fourth-order valence-electron chi connectivity index (χ4n) is 12.2. The maximum Gasteiger partial charge on any atom is 0.319 e. The van der Waals surface area contributed by atoms with Gasteiger partial charge in [0, 0.05) is 63.1 Å². The van der Waals surface area contributed by atoms with Crippen LogP contribution in [0.2, 0.25) is 5.02 Å². The molecule has 5 fully saturated rings. The second-order valence-electron chi connectivity index (χ2n) is 21.4. The van der Waals surface area contributed by atoms with E-state index in [1.54, 1.807) is 39.7 Å². The molecule has 3 aromatic heterocycles. The van der Waals surface area contributed by atoms with Gasteiger partial charge in [-0.05, 0) is 129 Å². The molecule has 0 spiro atoms. The van der Waals surface area contributed by atoms with Crippen LogP contribution in [0.25, 0.3) is 0 Å². The van der Waals surface area contributed by atoms with Crippen molar-refractivity contribution in [2.24, 2.45) is 0 Å². The first kappa shape index (κ1) is 52.0. The van der Waals surface area contributed by atoms with E-state index in [0.717, 1.165) is 74.6 Å². The Balaban J connectivity index is 0.000000129. The van der Waals surface area contributed by atoms with Gasteiger partial charge < -0.3 is 25.3 Å². The topological polar surface area (TPSA) is 153 Å². The molecule has 5 aliphatic carbocycles.